The molecule has 1 saturated carbocycles. The summed E-state index contributed by atoms with van der Waals surface area (Å²) in [4.78, 5) is 18.4. The molecule has 0 bridgehead atoms. The Morgan fingerprint density at radius 3 is 2.85 bits per heavy atom. The topological polar surface area (TPSA) is 83.0 Å². The van der Waals surface area contributed by atoms with Crippen molar-refractivity contribution in [3.05, 3.63) is 30.1 Å². The summed E-state index contributed by atoms with van der Waals surface area (Å²) in [6, 6.07) is 5.86. The van der Waals surface area contributed by atoms with E-state index in [1.165, 1.54) is 0 Å². The molecule has 1 heterocycles. The highest BCUT2D eigenvalue weighted by Crippen LogP contribution is 2.29. The summed E-state index contributed by atoms with van der Waals surface area (Å²) >= 11 is 0. The Bertz CT molecular complexity index is 488. The minimum Gasteiger partial charge on any atom is -0.336 e. The summed E-state index contributed by atoms with van der Waals surface area (Å²) in [5.41, 5.74) is 6.46. The molecule has 0 unspecified atom stereocenters. The van der Waals surface area contributed by atoms with E-state index < -0.39 is 5.54 Å². The van der Waals surface area contributed by atoms with Crippen molar-refractivity contribution in [2.24, 2.45) is 5.73 Å². The van der Waals surface area contributed by atoms with Crippen LogP contribution >= 0.6 is 0 Å². The molecule has 2 rings (SSSR count). The SMILES string of the molecule is N#CCCN(Cc1cccnc1)C(=O)C1(N)CCCC1. The minimum absolute atomic E-state index is 0.0332. The number of hydrogen-bond donors (Lipinski definition) is 1. The Kier molecular flexibility index (Phi) is 4.70. The Hall–Kier alpha value is -1.93. The molecule has 20 heavy (non-hydrogen) atoms. The molecule has 0 aromatic carbocycles. The van der Waals surface area contributed by atoms with E-state index >= 15 is 0 Å². The minimum atomic E-state index is -0.738. The van der Waals surface area contributed by atoms with Crippen molar-refractivity contribution in [2.75, 3.05) is 6.54 Å². The van der Waals surface area contributed by atoms with Crippen molar-refractivity contribution < 1.29 is 4.79 Å². The molecule has 2 N–H and O–H groups in total. The first-order valence-corrected chi connectivity index (χ1v) is 7.00. The average Bonchev–Trinajstić information content (AvgIpc) is 2.92. The van der Waals surface area contributed by atoms with Crippen molar-refractivity contribution in [1.29, 1.82) is 5.26 Å². The van der Waals surface area contributed by atoms with Crippen LogP contribution in [0.3, 0.4) is 0 Å². The van der Waals surface area contributed by atoms with Crippen LogP contribution in [-0.4, -0.2) is 27.9 Å². The molecule has 1 aromatic heterocycles. The van der Waals surface area contributed by atoms with Crippen LogP contribution in [0.2, 0.25) is 0 Å². The molecule has 0 aliphatic heterocycles. The Balaban J connectivity index is 2.10. The number of carbonyl (C=O) groups is 1. The lowest BCUT2D eigenvalue weighted by Gasteiger charge is -2.31. The fourth-order valence-electron chi connectivity index (χ4n) is 2.68. The van der Waals surface area contributed by atoms with Gasteiger partial charge in [0, 0.05) is 25.5 Å². The number of carbonyl (C=O) groups excluding carboxylic acids is 1. The number of pyridine rings is 1. The van der Waals surface area contributed by atoms with Crippen molar-refractivity contribution in [1.82, 2.24) is 9.88 Å². The smallest absolute Gasteiger partial charge is 0.242 e. The van der Waals surface area contributed by atoms with E-state index in [-0.39, 0.29) is 5.91 Å². The molecule has 0 spiro atoms. The van der Waals surface area contributed by atoms with Gasteiger partial charge in [0.15, 0.2) is 0 Å². The third-order valence-corrected chi connectivity index (χ3v) is 3.80. The fourth-order valence-corrected chi connectivity index (χ4v) is 2.68. The lowest BCUT2D eigenvalue weighted by atomic mass is 9.96. The summed E-state index contributed by atoms with van der Waals surface area (Å²) in [5.74, 6) is -0.0332. The highest BCUT2D eigenvalue weighted by Gasteiger charge is 2.39. The van der Waals surface area contributed by atoms with Gasteiger partial charge in [-0.15, -0.1) is 0 Å². The van der Waals surface area contributed by atoms with Gasteiger partial charge in [0.2, 0.25) is 5.91 Å². The molecule has 0 atom stereocenters. The van der Waals surface area contributed by atoms with Crippen LogP contribution in [-0.2, 0) is 11.3 Å². The third kappa shape index (κ3) is 3.34. The van der Waals surface area contributed by atoms with Crippen molar-refractivity contribution in [2.45, 2.75) is 44.2 Å². The van der Waals surface area contributed by atoms with E-state index in [0.29, 0.717) is 19.5 Å². The maximum atomic E-state index is 12.6. The molecule has 1 amide bonds. The summed E-state index contributed by atoms with van der Waals surface area (Å²) in [7, 11) is 0. The highest BCUT2D eigenvalue weighted by atomic mass is 16.2. The molecule has 1 fully saturated rings. The maximum absolute atomic E-state index is 12.6. The molecule has 1 aliphatic carbocycles. The first-order valence-electron chi connectivity index (χ1n) is 7.00. The predicted molar refractivity (Wildman–Crippen MR) is 75.3 cm³/mol. The standard InChI is InChI=1S/C15H20N4O/c16-8-4-10-19(12-13-5-3-9-18-11-13)14(20)15(17)6-1-2-7-15/h3,5,9,11H,1-2,4,6-7,10,12,17H2. The summed E-state index contributed by atoms with van der Waals surface area (Å²) in [6.45, 7) is 0.885. The van der Waals surface area contributed by atoms with E-state index in [0.717, 1.165) is 31.2 Å². The van der Waals surface area contributed by atoms with Crippen molar-refractivity contribution in [3.63, 3.8) is 0 Å². The zero-order valence-corrected chi connectivity index (χ0v) is 11.6. The summed E-state index contributed by atoms with van der Waals surface area (Å²) in [5, 5.41) is 8.76. The molecule has 5 heteroatoms. The molecule has 106 valence electrons. The second kappa shape index (κ2) is 6.49. The molecule has 5 nitrogen and oxygen atoms in total. The maximum Gasteiger partial charge on any atom is 0.242 e. The Morgan fingerprint density at radius 1 is 1.50 bits per heavy atom. The first-order chi connectivity index (χ1) is 9.65. The average molecular weight is 272 g/mol. The number of nitriles is 1. The number of amides is 1. The van der Waals surface area contributed by atoms with E-state index in [1.807, 2.05) is 12.1 Å². The molecule has 0 saturated heterocycles. The van der Waals surface area contributed by atoms with E-state index in [2.05, 4.69) is 11.1 Å². The number of nitrogens with zero attached hydrogens (tertiary/aromatic N) is 3. The highest BCUT2D eigenvalue weighted by molar-refractivity contribution is 5.86. The second-order valence-electron chi connectivity index (χ2n) is 5.36. The van der Waals surface area contributed by atoms with Gasteiger partial charge in [0.1, 0.15) is 0 Å². The van der Waals surface area contributed by atoms with Gasteiger partial charge < -0.3 is 10.6 Å². The Morgan fingerprint density at radius 2 is 2.25 bits per heavy atom. The van der Waals surface area contributed by atoms with Crippen LogP contribution < -0.4 is 5.73 Å². The lowest BCUT2D eigenvalue weighted by Crippen LogP contribution is -2.53. The van der Waals surface area contributed by atoms with Crippen LogP contribution in [0.1, 0.15) is 37.7 Å². The van der Waals surface area contributed by atoms with Crippen LogP contribution in [0.25, 0.3) is 0 Å². The van der Waals surface area contributed by atoms with Gasteiger partial charge in [-0.1, -0.05) is 18.9 Å². The zero-order valence-electron chi connectivity index (χ0n) is 11.6. The molecule has 0 radical (unpaired) electrons. The van der Waals surface area contributed by atoms with Crippen LogP contribution in [0.4, 0.5) is 0 Å². The lowest BCUT2D eigenvalue weighted by molar-refractivity contribution is -0.137. The summed E-state index contributed by atoms with van der Waals surface area (Å²) < 4.78 is 0. The first kappa shape index (κ1) is 14.5. The zero-order chi connectivity index (χ0) is 14.4. The number of nitrogens with two attached hydrogens (primary N) is 1. The predicted octanol–water partition coefficient (Wildman–Crippen LogP) is 1.60. The van der Waals surface area contributed by atoms with Crippen molar-refractivity contribution >= 4 is 5.91 Å². The monoisotopic (exact) mass is 272 g/mol. The molecule has 1 aliphatic rings. The van der Waals surface area contributed by atoms with Crippen LogP contribution in [0.15, 0.2) is 24.5 Å². The number of aromatic nitrogens is 1. The van der Waals surface area contributed by atoms with Gasteiger partial charge in [0.25, 0.3) is 0 Å². The number of rotatable bonds is 5. The third-order valence-electron chi connectivity index (χ3n) is 3.80. The van der Waals surface area contributed by atoms with E-state index in [9.17, 15) is 4.79 Å². The van der Waals surface area contributed by atoms with Gasteiger partial charge >= 0.3 is 0 Å². The molecular weight excluding hydrogens is 252 g/mol. The van der Waals surface area contributed by atoms with E-state index in [4.69, 9.17) is 11.0 Å². The summed E-state index contributed by atoms with van der Waals surface area (Å²) in [6.07, 6.45) is 7.24. The van der Waals surface area contributed by atoms with E-state index in [1.54, 1.807) is 17.3 Å². The van der Waals surface area contributed by atoms with Gasteiger partial charge in [-0.2, -0.15) is 5.26 Å². The van der Waals surface area contributed by atoms with Crippen LogP contribution in [0, 0.1) is 11.3 Å². The fraction of sp³-hybridized carbons (Fsp3) is 0.533. The normalized spacial score (nSPS) is 16.6. The van der Waals surface area contributed by atoms with Gasteiger partial charge in [-0.25, -0.2) is 0 Å². The van der Waals surface area contributed by atoms with Gasteiger partial charge in [-0.3, -0.25) is 9.78 Å². The van der Waals surface area contributed by atoms with Crippen LogP contribution in [0.5, 0.6) is 0 Å². The quantitative estimate of drug-likeness (QED) is 0.882. The Labute approximate surface area is 119 Å². The molecular formula is C15H20N4O. The van der Waals surface area contributed by atoms with Crippen molar-refractivity contribution in [3.8, 4) is 6.07 Å². The van der Waals surface area contributed by atoms with Gasteiger partial charge in [0.05, 0.1) is 18.0 Å². The number of hydrogen-bond acceptors (Lipinski definition) is 4. The second-order valence-corrected chi connectivity index (χ2v) is 5.36. The van der Waals surface area contributed by atoms with Gasteiger partial charge in [-0.05, 0) is 24.5 Å². The molecule has 1 aromatic rings. The largest absolute Gasteiger partial charge is 0.336 e.